The molecule has 48 heavy (non-hydrogen) atoms. The van der Waals surface area contributed by atoms with Gasteiger partial charge < -0.3 is 44.1 Å². The van der Waals surface area contributed by atoms with Gasteiger partial charge in [-0.3, -0.25) is 19.2 Å². The average Bonchev–Trinajstić information content (AvgIpc) is 3.15. The van der Waals surface area contributed by atoms with Gasteiger partial charge in [-0.25, -0.2) is 4.79 Å². The summed E-state index contributed by atoms with van der Waals surface area (Å²) in [4.78, 5) is 64.5. The molecule has 0 unspecified atom stereocenters. The number of aliphatic hydroxyl groups is 4. The minimum atomic E-state index is -2.83. The van der Waals surface area contributed by atoms with Gasteiger partial charge in [0.05, 0.1) is 5.60 Å². The number of carbonyl (C=O) groups is 5. The van der Waals surface area contributed by atoms with Gasteiger partial charge in [0.15, 0.2) is 17.8 Å². The standard InChI is InChI=1S/C34H50O14/c1-9-10-11-12-13-14-24(39)47-26-18(2)17-23-34(43,33(8,30(41)46-23)48-21(5)37)29(45-20(4)36)27-31(6,16-15-22(38)32(27,7)42)28(25(26)40)44-19(3)35/h15-17,22-23,25-29,38,40,42-43H,9-14H2,1-8H3/b18-17-/t22-,23+,25-,26+,27-,28+,29+,31+,32-,33-,34+/m1/s1. The number of carbonyl (C=O) groups excluding carboxylic acids is 5. The van der Waals surface area contributed by atoms with Crippen molar-refractivity contribution in [3.63, 3.8) is 0 Å². The number of unbranched alkanes of at least 4 members (excludes halogenated alkanes) is 4. The normalized spacial score (nSPS) is 40.3. The molecule has 0 aromatic carbocycles. The number of hydrogen-bond acceptors (Lipinski definition) is 14. The van der Waals surface area contributed by atoms with Crippen LogP contribution in [0.4, 0.5) is 0 Å². The van der Waals surface area contributed by atoms with E-state index in [4.69, 9.17) is 23.7 Å². The highest BCUT2D eigenvalue weighted by molar-refractivity contribution is 5.87. The molecule has 14 nitrogen and oxygen atoms in total. The van der Waals surface area contributed by atoms with Crippen LogP contribution in [0.1, 0.15) is 93.9 Å². The van der Waals surface area contributed by atoms with Gasteiger partial charge in [-0.15, -0.1) is 0 Å². The average molecular weight is 683 g/mol. The van der Waals surface area contributed by atoms with Crippen LogP contribution in [-0.2, 0) is 47.7 Å². The zero-order chi connectivity index (χ0) is 36.4. The van der Waals surface area contributed by atoms with Crippen LogP contribution >= 0.6 is 0 Å². The Morgan fingerprint density at radius 2 is 1.46 bits per heavy atom. The summed E-state index contributed by atoms with van der Waals surface area (Å²) >= 11 is 0. The van der Waals surface area contributed by atoms with E-state index >= 15 is 0 Å². The predicted molar refractivity (Wildman–Crippen MR) is 166 cm³/mol. The van der Waals surface area contributed by atoms with Crippen LogP contribution in [0.5, 0.6) is 0 Å². The van der Waals surface area contributed by atoms with E-state index in [0.29, 0.717) is 6.42 Å². The minimum Gasteiger partial charge on any atom is -0.459 e. The first-order chi connectivity index (χ1) is 22.2. The molecule has 0 radical (unpaired) electrons. The van der Waals surface area contributed by atoms with E-state index in [9.17, 15) is 44.4 Å². The van der Waals surface area contributed by atoms with E-state index in [2.05, 4.69) is 6.92 Å². The summed E-state index contributed by atoms with van der Waals surface area (Å²) < 4.78 is 28.2. The molecule has 3 aliphatic rings. The van der Waals surface area contributed by atoms with Gasteiger partial charge in [-0.1, -0.05) is 51.7 Å². The molecule has 1 saturated heterocycles. The van der Waals surface area contributed by atoms with Gasteiger partial charge in [0.1, 0.15) is 24.4 Å². The van der Waals surface area contributed by atoms with Crippen LogP contribution in [0.3, 0.4) is 0 Å². The van der Waals surface area contributed by atoms with Crippen molar-refractivity contribution < 1.29 is 68.1 Å². The van der Waals surface area contributed by atoms with Crippen molar-refractivity contribution in [2.75, 3.05) is 0 Å². The molecular weight excluding hydrogens is 632 g/mol. The van der Waals surface area contributed by atoms with Gasteiger partial charge >= 0.3 is 29.8 Å². The molecule has 1 fully saturated rings. The molecule has 270 valence electrons. The second-order valence-corrected chi connectivity index (χ2v) is 13.7. The molecule has 0 aromatic heterocycles. The fraction of sp³-hybridized carbons (Fsp3) is 0.735. The van der Waals surface area contributed by atoms with Gasteiger partial charge in [0, 0.05) is 38.5 Å². The molecule has 14 heteroatoms. The highest BCUT2D eigenvalue weighted by atomic mass is 16.7. The lowest BCUT2D eigenvalue weighted by atomic mass is 9.53. The van der Waals surface area contributed by atoms with Crippen LogP contribution in [0, 0.1) is 11.3 Å². The number of aliphatic hydroxyl groups excluding tert-OH is 2. The summed E-state index contributed by atoms with van der Waals surface area (Å²) in [6.07, 6.45) is -2.80. The third-order valence-electron chi connectivity index (χ3n) is 9.87. The number of fused-ring (bicyclic) bond motifs is 2. The third-order valence-corrected chi connectivity index (χ3v) is 9.87. The van der Waals surface area contributed by atoms with Gasteiger partial charge in [0.25, 0.3) is 0 Å². The van der Waals surface area contributed by atoms with Crippen molar-refractivity contribution in [3.05, 3.63) is 23.8 Å². The zero-order valence-corrected chi connectivity index (χ0v) is 28.9. The fourth-order valence-electron chi connectivity index (χ4n) is 7.40. The lowest BCUT2D eigenvalue weighted by molar-refractivity contribution is -0.266. The molecule has 1 heterocycles. The molecular formula is C34H50O14. The van der Waals surface area contributed by atoms with E-state index in [1.165, 1.54) is 32.9 Å². The molecule has 0 amide bonds. The van der Waals surface area contributed by atoms with Crippen molar-refractivity contribution in [1.29, 1.82) is 0 Å². The summed E-state index contributed by atoms with van der Waals surface area (Å²) in [6, 6.07) is 0. The number of ether oxygens (including phenoxy) is 5. The predicted octanol–water partition coefficient (Wildman–Crippen LogP) is 1.73. The maximum atomic E-state index is 13.6. The van der Waals surface area contributed by atoms with Crippen LogP contribution in [0.25, 0.3) is 0 Å². The van der Waals surface area contributed by atoms with E-state index < -0.39 is 94.6 Å². The molecule has 0 spiro atoms. The Labute approximate surface area is 280 Å². The Morgan fingerprint density at radius 1 is 0.875 bits per heavy atom. The van der Waals surface area contributed by atoms with E-state index in [-0.39, 0.29) is 12.0 Å². The Bertz CT molecular complexity index is 1320. The highest BCUT2D eigenvalue weighted by Gasteiger charge is 2.76. The smallest absolute Gasteiger partial charge is 0.354 e. The topological polar surface area (TPSA) is 212 Å². The molecule has 4 N–H and O–H groups in total. The Kier molecular flexibility index (Phi) is 11.9. The fourth-order valence-corrected chi connectivity index (χ4v) is 7.40. The van der Waals surface area contributed by atoms with E-state index in [0.717, 1.165) is 59.5 Å². The summed E-state index contributed by atoms with van der Waals surface area (Å²) in [5.74, 6) is -6.57. The van der Waals surface area contributed by atoms with Gasteiger partial charge in [-0.2, -0.15) is 0 Å². The van der Waals surface area contributed by atoms with Gasteiger partial charge in [0.2, 0.25) is 5.60 Å². The molecule has 3 rings (SSSR count). The number of hydrogen-bond donors (Lipinski definition) is 4. The molecule has 0 saturated carbocycles. The summed E-state index contributed by atoms with van der Waals surface area (Å²) in [5, 5.41) is 47.9. The van der Waals surface area contributed by atoms with E-state index in [1.807, 2.05) is 0 Å². The van der Waals surface area contributed by atoms with Crippen LogP contribution in [0.15, 0.2) is 23.8 Å². The first-order valence-electron chi connectivity index (χ1n) is 16.3. The van der Waals surface area contributed by atoms with Crippen LogP contribution in [0.2, 0.25) is 0 Å². The quantitative estimate of drug-likeness (QED) is 0.112. The third kappa shape index (κ3) is 7.17. The van der Waals surface area contributed by atoms with Crippen LogP contribution < -0.4 is 0 Å². The summed E-state index contributed by atoms with van der Waals surface area (Å²) in [6.45, 7) is 10.2. The first-order valence-corrected chi connectivity index (χ1v) is 16.3. The van der Waals surface area contributed by atoms with Crippen molar-refractivity contribution >= 4 is 29.8 Å². The lowest BCUT2D eigenvalue weighted by Crippen LogP contribution is -2.74. The van der Waals surface area contributed by atoms with Gasteiger partial charge in [-0.05, 0) is 38.8 Å². The van der Waals surface area contributed by atoms with Crippen molar-refractivity contribution in [2.24, 2.45) is 11.3 Å². The summed E-state index contributed by atoms with van der Waals surface area (Å²) in [5.41, 5.74) is -9.59. The van der Waals surface area contributed by atoms with Crippen LogP contribution in [-0.4, -0.2) is 104 Å². The lowest BCUT2D eigenvalue weighted by Gasteiger charge is -2.57. The zero-order valence-electron chi connectivity index (χ0n) is 28.9. The van der Waals surface area contributed by atoms with Crippen molar-refractivity contribution in [2.45, 2.75) is 147 Å². The molecule has 0 bridgehead atoms. The maximum Gasteiger partial charge on any atom is 0.354 e. The second-order valence-electron chi connectivity index (χ2n) is 13.7. The molecule has 0 aromatic rings. The maximum absolute atomic E-state index is 13.6. The monoisotopic (exact) mass is 682 g/mol. The molecule has 2 aliphatic carbocycles. The first kappa shape index (κ1) is 39.1. The molecule has 11 atom stereocenters. The van der Waals surface area contributed by atoms with Crippen molar-refractivity contribution in [3.8, 4) is 0 Å². The SMILES string of the molecule is CCCCCCCC(=O)O[C@H]1/C(C)=C\[C@@H]2OC(=O)[C@@](C)(OC(C)=O)[C@@]2(O)[C@@H](OC(C)=O)[C@H]2[C@](C)(O)[C@H](O)C=C[C@]2(C)[C@@H](OC(C)=O)[C@@H]1O. The Balaban J connectivity index is 2.38. The molecule has 1 aliphatic heterocycles. The van der Waals surface area contributed by atoms with Crippen molar-refractivity contribution in [1.82, 2.24) is 0 Å². The Hall–Kier alpha value is -3.33. The second kappa shape index (κ2) is 14.7. The highest BCUT2D eigenvalue weighted by Crippen LogP contribution is 2.56. The van der Waals surface area contributed by atoms with E-state index in [1.54, 1.807) is 0 Å². The number of rotatable bonds is 10. The number of esters is 5. The Morgan fingerprint density at radius 3 is 2.02 bits per heavy atom. The minimum absolute atomic E-state index is 0.000542. The largest absolute Gasteiger partial charge is 0.459 e. The summed E-state index contributed by atoms with van der Waals surface area (Å²) in [7, 11) is 0.